The van der Waals surface area contributed by atoms with Gasteiger partial charge in [0.2, 0.25) is 0 Å². The van der Waals surface area contributed by atoms with E-state index in [-0.39, 0.29) is 5.82 Å². The van der Waals surface area contributed by atoms with Gasteiger partial charge < -0.3 is 4.74 Å². The molecule has 0 amide bonds. The van der Waals surface area contributed by atoms with Crippen LogP contribution in [0.5, 0.6) is 5.75 Å². The number of ether oxygens (including phenoxy) is 1. The second kappa shape index (κ2) is 4.30. The molecule has 0 spiro atoms. The van der Waals surface area contributed by atoms with Crippen molar-refractivity contribution >= 4 is 0 Å². The molecule has 0 saturated heterocycles. The maximum atomic E-state index is 13.7. The van der Waals surface area contributed by atoms with E-state index < -0.39 is 0 Å². The highest BCUT2D eigenvalue weighted by atomic mass is 19.1. The molecule has 0 saturated carbocycles. The van der Waals surface area contributed by atoms with Gasteiger partial charge in [0.15, 0.2) is 5.82 Å². The highest BCUT2D eigenvalue weighted by Gasteiger charge is 2.11. The quantitative estimate of drug-likeness (QED) is 0.864. The predicted molar refractivity (Wildman–Crippen MR) is 57.7 cm³/mol. The fraction of sp³-hybridized carbons (Fsp3) is 0.273. The number of nitrogens with one attached hydrogen (secondary N) is 1. The van der Waals surface area contributed by atoms with Crippen molar-refractivity contribution in [2.75, 3.05) is 7.11 Å². The minimum absolute atomic E-state index is 0.372. The van der Waals surface area contributed by atoms with Crippen LogP contribution < -0.4 is 4.74 Å². The Morgan fingerprint density at radius 2 is 2.25 bits per heavy atom. The number of hydrogen-bond acceptors (Lipinski definition) is 3. The van der Waals surface area contributed by atoms with Gasteiger partial charge in [0.25, 0.3) is 0 Å². The molecule has 1 N–H and O–H groups in total. The molecule has 0 bridgehead atoms. The Morgan fingerprint density at radius 1 is 1.44 bits per heavy atom. The monoisotopic (exact) mass is 221 g/mol. The van der Waals surface area contributed by atoms with Gasteiger partial charge in [0, 0.05) is 12.5 Å². The molecule has 1 aromatic carbocycles. The lowest BCUT2D eigenvalue weighted by Gasteiger charge is -2.01. The highest BCUT2D eigenvalue weighted by molar-refractivity contribution is 5.57. The standard InChI is InChI=1S/C11H12FN3O/c1-3-10-13-11(15-14-10)8-5-4-7(16-2)6-9(8)12/h4-6H,3H2,1-2H3,(H,13,14,15). The maximum absolute atomic E-state index is 13.7. The van der Waals surface area contributed by atoms with Crippen molar-refractivity contribution in [1.29, 1.82) is 0 Å². The van der Waals surface area contributed by atoms with Gasteiger partial charge in [-0.15, -0.1) is 0 Å². The Morgan fingerprint density at radius 3 is 2.81 bits per heavy atom. The summed E-state index contributed by atoms with van der Waals surface area (Å²) in [5, 5.41) is 6.71. The van der Waals surface area contributed by atoms with Gasteiger partial charge in [-0.25, -0.2) is 9.37 Å². The van der Waals surface area contributed by atoms with Crippen molar-refractivity contribution in [2.24, 2.45) is 0 Å². The fourth-order valence-electron chi connectivity index (χ4n) is 1.38. The smallest absolute Gasteiger partial charge is 0.184 e. The minimum atomic E-state index is -0.388. The number of H-pyrrole nitrogens is 1. The predicted octanol–water partition coefficient (Wildman–Crippen LogP) is 2.18. The summed E-state index contributed by atoms with van der Waals surface area (Å²) in [5.74, 6) is 1.20. The van der Waals surface area contributed by atoms with Crippen LogP contribution in [0.15, 0.2) is 18.2 Å². The van der Waals surface area contributed by atoms with Gasteiger partial charge in [-0.2, -0.15) is 5.10 Å². The van der Waals surface area contributed by atoms with E-state index in [1.165, 1.54) is 13.2 Å². The van der Waals surface area contributed by atoms with Gasteiger partial charge >= 0.3 is 0 Å². The van der Waals surface area contributed by atoms with Crippen LogP contribution in [0.3, 0.4) is 0 Å². The lowest BCUT2D eigenvalue weighted by atomic mass is 10.2. The summed E-state index contributed by atoms with van der Waals surface area (Å²) in [6, 6.07) is 4.61. The zero-order valence-corrected chi connectivity index (χ0v) is 9.12. The molecule has 0 atom stereocenters. The average Bonchev–Trinajstić information content (AvgIpc) is 2.77. The molecule has 0 fully saturated rings. The summed E-state index contributed by atoms with van der Waals surface area (Å²) in [6.45, 7) is 1.95. The van der Waals surface area contributed by atoms with E-state index in [9.17, 15) is 4.39 Å². The first kappa shape index (κ1) is 10.6. The Balaban J connectivity index is 2.40. The fourth-order valence-corrected chi connectivity index (χ4v) is 1.38. The summed E-state index contributed by atoms with van der Waals surface area (Å²) >= 11 is 0. The van der Waals surface area contributed by atoms with Crippen molar-refractivity contribution in [1.82, 2.24) is 15.2 Å². The number of hydrogen-bond donors (Lipinski definition) is 1. The molecule has 2 aromatic rings. The molecular weight excluding hydrogens is 209 g/mol. The molecule has 0 aliphatic heterocycles. The summed E-state index contributed by atoms with van der Waals surface area (Å²) in [6.07, 6.45) is 0.741. The van der Waals surface area contributed by atoms with Gasteiger partial charge in [0.05, 0.1) is 12.7 Å². The number of methoxy groups -OCH3 is 1. The van der Waals surface area contributed by atoms with Gasteiger partial charge in [0.1, 0.15) is 17.4 Å². The number of nitrogens with zero attached hydrogens (tertiary/aromatic N) is 2. The molecule has 0 aliphatic rings. The number of aryl methyl sites for hydroxylation is 1. The first-order chi connectivity index (χ1) is 7.74. The highest BCUT2D eigenvalue weighted by Crippen LogP contribution is 2.23. The molecular formula is C11H12FN3O. The van der Waals surface area contributed by atoms with Crippen molar-refractivity contribution in [3.63, 3.8) is 0 Å². The van der Waals surface area contributed by atoms with Crippen LogP contribution >= 0.6 is 0 Å². The molecule has 1 aromatic heterocycles. The molecule has 1 heterocycles. The second-order valence-electron chi connectivity index (χ2n) is 3.31. The van der Waals surface area contributed by atoms with Gasteiger partial charge in [-0.3, -0.25) is 5.10 Å². The third-order valence-corrected chi connectivity index (χ3v) is 2.28. The Hall–Kier alpha value is -1.91. The molecule has 0 radical (unpaired) electrons. The lowest BCUT2D eigenvalue weighted by molar-refractivity contribution is 0.411. The number of aromatic nitrogens is 3. The zero-order chi connectivity index (χ0) is 11.5. The summed E-state index contributed by atoms with van der Waals surface area (Å²) in [5.41, 5.74) is 0.372. The zero-order valence-electron chi connectivity index (χ0n) is 9.12. The molecule has 0 unspecified atom stereocenters. The first-order valence-corrected chi connectivity index (χ1v) is 4.99. The Labute approximate surface area is 92.5 Å². The Kier molecular flexibility index (Phi) is 2.85. The van der Waals surface area contributed by atoms with Crippen molar-refractivity contribution in [2.45, 2.75) is 13.3 Å². The van der Waals surface area contributed by atoms with E-state index in [2.05, 4.69) is 15.2 Å². The molecule has 16 heavy (non-hydrogen) atoms. The summed E-state index contributed by atoms with van der Waals surface area (Å²) in [4.78, 5) is 4.17. The van der Waals surface area contributed by atoms with Gasteiger partial charge in [-0.05, 0) is 12.1 Å². The number of halogens is 1. The van der Waals surface area contributed by atoms with Crippen LogP contribution in [0.25, 0.3) is 11.4 Å². The average molecular weight is 221 g/mol. The summed E-state index contributed by atoms with van der Waals surface area (Å²) < 4.78 is 18.6. The topological polar surface area (TPSA) is 50.8 Å². The van der Waals surface area contributed by atoms with E-state index >= 15 is 0 Å². The van der Waals surface area contributed by atoms with Crippen molar-refractivity contribution < 1.29 is 9.13 Å². The summed E-state index contributed by atoms with van der Waals surface area (Å²) in [7, 11) is 1.50. The second-order valence-corrected chi connectivity index (χ2v) is 3.31. The normalized spacial score (nSPS) is 10.4. The van der Waals surface area contributed by atoms with Crippen molar-refractivity contribution in [3.05, 3.63) is 29.8 Å². The minimum Gasteiger partial charge on any atom is -0.497 e. The van der Waals surface area contributed by atoms with E-state index in [4.69, 9.17) is 4.74 Å². The molecule has 4 nitrogen and oxygen atoms in total. The number of benzene rings is 1. The van der Waals surface area contributed by atoms with Crippen LogP contribution in [0.4, 0.5) is 4.39 Å². The lowest BCUT2D eigenvalue weighted by Crippen LogP contribution is -1.89. The third kappa shape index (κ3) is 1.88. The number of aromatic amines is 1. The largest absolute Gasteiger partial charge is 0.497 e. The SMILES string of the molecule is CCc1nc(-c2ccc(OC)cc2F)n[nH]1. The van der Waals surface area contributed by atoms with Crippen LogP contribution in [0.1, 0.15) is 12.7 Å². The molecule has 2 rings (SSSR count). The maximum Gasteiger partial charge on any atom is 0.184 e. The molecule has 5 heteroatoms. The first-order valence-electron chi connectivity index (χ1n) is 4.99. The van der Waals surface area contributed by atoms with E-state index in [0.717, 1.165) is 12.2 Å². The van der Waals surface area contributed by atoms with E-state index in [1.54, 1.807) is 12.1 Å². The van der Waals surface area contributed by atoms with Gasteiger partial charge in [-0.1, -0.05) is 6.92 Å². The van der Waals surface area contributed by atoms with Crippen LogP contribution in [0, 0.1) is 5.82 Å². The Bertz CT molecular complexity index is 496. The van der Waals surface area contributed by atoms with E-state index in [1.807, 2.05) is 6.92 Å². The molecule has 0 aliphatic carbocycles. The van der Waals surface area contributed by atoms with E-state index in [0.29, 0.717) is 17.1 Å². The van der Waals surface area contributed by atoms with Crippen LogP contribution in [-0.4, -0.2) is 22.3 Å². The van der Waals surface area contributed by atoms with Crippen LogP contribution in [-0.2, 0) is 6.42 Å². The number of rotatable bonds is 3. The third-order valence-electron chi connectivity index (χ3n) is 2.28. The van der Waals surface area contributed by atoms with Crippen LogP contribution in [0.2, 0.25) is 0 Å². The molecule has 84 valence electrons. The van der Waals surface area contributed by atoms with Crippen molar-refractivity contribution in [3.8, 4) is 17.1 Å².